The van der Waals surface area contributed by atoms with E-state index in [9.17, 15) is 0 Å². The summed E-state index contributed by atoms with van der Waals surface area (Å²) >= 11 is 0. The zero-order valence-electron chi connectivity index (χ0n) is 13.8. The van der Waals surface area contributed by atoms with Crippen LogP contribution in [0.1, 0.15) is 22.6 Å². The Morgan fingerprint density at radius 1 is 0.615 bits per heavy atom. The Bertz CT molecular complexity index is 928. The van der Waals surface area contributed by atoms with E-state index >= 15 is 0 Å². The third-order valence-corrected chi connectivity index (χ3v) is 4.81. The van der Waals surface area contributed by atoms with Crippen LogP contribution in [-0.2, 0) is 26.2 Å². The molecule has 26 heavy (non-hydrogen) atoms. The maximum absolute atomic E-state index is 2.35. The van der Waals surface area contributed by atoms with Crippen LogP contribution in [0, 0.1) is 0 Å². The van der Waals surface area contributed by atoms with Gasteiger partial charge in [0.25, 0.3) is 0 Å². The van der Waals surface area contributed by atoms with Crippen LogP contribution in [0.25, 0.3) is 21.9 Å². The van der Waals surface area contributed by atoms with Crippen LogP contribution < -0.4 is 50.9 Å². The molecular formula is C22H15Br3Zr. The summed E-state index contributed by atoms with van der Waals surface area (Å²) in [6.45, 7) is 0. The standard InChI is InChI=1S/C22H15.3BrH.Zr/c1-2-8-16-14-17(13-15(16)7-1)22-20-11-5-3-9-18(20)19-10-4-6-12-21(19)22;;;;/h1-14,22H;3*1H;/q-1;;;;+4/p-3. The fourth-order valence-corrected chi connectivity index (χ4v) is 3.86. The topological polar surface area (TPSA) is 0 Å². The number of halogens is 3. The van der Waals surface area contributed by atoms with Crippen molar-refractivity contribution in [3.63, 3.8) is 0 Å². The second-order valence-corrected chi connectivity index (χ2v) is 6.03. The van der Waals surface area contributed by atoms with Gasteiger partial charge in [-0.05, 0) is 22.3 Å². The van der Waals surface area contributed by atoms with Gasteiger partial charge in [-0.15, -0.1) is 40.6 Å². The maximum Gasteiger partial charge on any atom is 4.00 e. The Kier molecular flexibility index (Phi) is 8.80. The monoisotopic (exact) mass is 606 g/mol. The Balaban J connectivity index is 0.000000845. The zero-order valence-corrected chi connectivity index (χ0v) is 21.0. The summed E-state index contributed by atoms with van der Waals surface area (Å²) in [5, 5.41) is 2.67. The van der Waals surface area contributed by atoms with Gasteiger partial charge in [0.15, 0.2) is 0 Å². The van der Waals surface area contributed by atoms with E-state index in [2.05, 4.69) is 84.9 Å². The minimum absolute atomic E-state index is 0. The second kappa shape index (κ2) is 9.69. The van der Waals surface area contributed by atoms with Crippen LogP contribution in [0.5, 0.6) is 0 Å². The zero-order chi connectivity index (χ0) is 14.5. The molecule has 0 fully saturated rings. The molecule has 1 aliphatic carbocycles. The van der Waals surface area contributed by atoms with Gasteiger partial charge in [-0.2, -0.15) is 6.07 Å². The SMILES string of the molecule is [Br-].[Br-].[Br-].[Zr+4].c1ccc2c(c1)-c1ccccc1C2c1cc2ccccc2[cH-]1. The van der Waals surface area contributed by atoms with Crippen LogP contribution in [0.15, 0.2) is 84.9 Å². The molecule has 0 amide bonds. The van der Waals surface area contributed by atoms with Gasteiger partial charge in [-0.25, -0.2) is 0 Å². The average molecular weight is 610 g/mol. The molecule has 0 atom stereocenters. The maximum atomic E-state index is 2.35. The average Bonchev–Trinajstić information content (AvgIpc) is 3.13. The normalized spacial score (nSPS) is 11.2. The molecule has 4 aromatic rings. The van der Waals surface area contributed by atoms with Gasteiger partial charge in [0.1, 0.15) is 0 Å². The predicted octanol–water partition coefficient (Wildman–Crippen LogP) is -3.27. The Hall–Kier alpha value is -0.407. The molecular weight excluding hydrogens is 595 g/mol. The van der Waals surface area contributed by atoms with E-state index in [1.807, 2.05) is 0 Å². The summed E-state index contributed by atoms with van der Waals surface area (Å²) in [5.74, 6) is 0.361. The van der Waals surface area contributed by atoms with Crippen molar-refractivity contribution in [2.75, 3.05) is 0 Å². The van der Waals surface area contributed by atoms with Gasteiger partial charge in [-0.3, -0.25) is 0 Å². The molecule has 0 aliphatic heterocycles. The Morgan fingerprint density at radius 3 is 1.69 bits per heavy atom. The van der Waals surface area contributed by atoms with Gasteiger partial charge in [0, 0.05) is 5.92 Å². The first-order valence-corrected chi connectivity index (χ1v) is 7.75. The molecule has 1 aliphatic rings. The molecule has 0 spiro atoms. The fraction of sp³-hybridized carbons (Fsp3) is 0.0455. The van der Waals surface area contributed by atoms with Crippen LogP contribution >= 0.6 is 0 Å². The van der Waals surface area contributed by atoms with Crippen LogP contribution in [-0.4, -0.2) is 0 Å². The van der Waals surface area contributed by atoms with E-state index in [4.69, 9.17) is 0 Å². The first-order valence-electron chi connectivity index (χ1n) is 7.75. The van der Waals surface area contributed by atoms with E-state index in [-0.39, 0.29) is 77.1 Å². The molecule has 0 nitrogen and oxygen atoms in total. The second-order valence-electron chi connectivity index (χ2n) is 6.03. The van der Waals surface area contributed by atoms with Crippen molar-refractivity contribution in [3.8, 4) is 11.1 Å². The number of hydrogen-bond acceptors (Lipinski definition) is 0. The largest absolute Gasteiger partial charge is 4.00 e. The van der Waals surface area contributed by atoms with Crippen molar-refractivity contribution in [2.24, 2.45) is 0 Å². The first-order chi connectivity index (χ1) is 10.9. The van der Waals surface area contributed by atoms with Crippen molar-refractivity contribution >= 4 is 10.8 Å². The van der Waals surface area contributed by atoms with Crippen molar-refractivity contribution in [2.45, 2.75) is 5.92 Å². The van der Waals surface area contributed by atoms with E-state index < -0.39 is 0 Å². The quantitative estimate of drug-likeness (QED) is 0.175. The van der Waals surface area contributed by atoms with E-state index in [0.717, 1.165) is 0 Å². The molecule has 0 radical (unpaired) electrons. The molecule has 0 unspecified atom stereocenters. The smallest absolute Gasteiger partial charge is 1.00 e. The number of hydrogen-bond donors (Lipinski definition) is 0. The molecule has 0 saturated carbocycles. The van der Waals surface area contributed by atoms with Crippen molar-refractivity contribution < 1.29 is 77.1 Å². The first kappa shape index (κ1) is 23.6. The van der Waals surface area contributed by atoms with Crippen molar-refractivity contribution in [1.29, 1.82) is 0 Å². The van der Waals surface area contributed by atoms with E-state index in [1.165, 1.54) is 38.6 Å². The molecule has 128 valence electrons. The van der Waals surface area contributed by atoms with Crippen LogP contribution in [0.2, 0.25) is 0 Å². The molecule has 4 heteroatoms. The molecule has 0 heterocycles. The minimum atomic E-state index is 0. The molecule has 0 aromatic heterocycles. The van der Waals surface area contributed by atoms with Gasteiger partial charge >= 0.3 is 26.2 Å². The number of fused-ring (bicyclic) bond motifs is 4. The number of rotatable bonds is 1. The van der Waals surface area contributed by atoms with E-state index in [1.54, 1.807) is 0 Å². The van der Waals surface area contributed by atoms with Crippen molar-refractivity contribution in [1.82, 2.24) is 0 Å². The third-order valence-electron chi connectivity index (χ3n) is 4.81. The van der Waals surface area contributed by atoms with E-state index in [0.29, 0.717) is 5.92 Å². The van der Waals surface area contributed by atoms with Crippen molar-refractivity contribution in [3.05, 3.63) is 102 Å². The summed E-state index contributed by atoms with van der Waals surface area (Å²) in [6, 6.07) is 30.9. The fourth-order valence-electron chi connectivity index (χ4n) is 3.86. The Labute approximate surface area is 204 Å². The molecule has 0 bridgehead atoms. The van der Waals surface area contributed by atoms with Gasteiger partial charge in [-0.1, -0.05) is 54.6 Å². The summed E-state index contributed by atoms with van der Waals surface area (Å²) in [7, 11) is 0. The van der Waals surface area contributed by atoms with Gasteiger partial charge in [0.05, 0.1) is 0 Å². The predicted molar refractivity (Wildman–Crippen MR) is 92.4 cm³/mol. The van der Waals surface area contributed by atoms with Gasteiger partial charge < -0.3 is 50.9 Å². The minimum Gasteiger partial charge on any atom is -1.00 e. The molecule has 4 aromatic carbocycles. The summed E-state index contributed by atoms with van der Waals surface area (Å²) in [4.78, 5) is 0. The summed E-state index contributed by atoms with van der Waals surface area (Å²) < 4.78 is 0. The third kappa shape index (κ3) is 3.76. The van der Waals surface area contributed by atoms with Gasteiger partial charge in [0.2, 0.25) is 0 Å². The molecule has 5 rings (SSSR count). The Morgan fingerprint density at radius 2 is 1.12 bits per heavy atom. The van der Waals surface area contributed by atoms with Crippen LogP contribution in [0.3, 0.4) is 0 Å². The summed E-state index contributed by atoms with van der Waals surface area (Å²) in [5.41, 5.74) is 7.03. The molecule has 0 N–H and O–H groups in total. The molecule has 0 saturated heterocycles. The number of benzene rings is 3. The van der Waals surface area contributed by atoms with Crippen LogP contribution in [0.4, 0.5) is 0 Å². The summed E-state index contributed by atoms with van der Waals surface area (Å²) in [6.07, 6.45) is 0.